The second kappa shape index (κ2) is 11.2. The highest BCUT2D eigenvalue weighted by molar-refractivity contribution is 7.86. The average Bonchev–Trinajstić information content (AvgIpc) is 3.56. The predicted octanol–water partition coefficient (Wildman–Crippen LogP) is 2.17. The zero-order chi connectivity index (χ0) is 24.9. The quantitative estimate of drug-likeness (QED) is 0.416. The molecule has 2 aliphatic carbocycles. The van der Waals surface area contributed by atoms with Gasteiger partial charge in [-0.1, -0.05) is 24.3 Å². The van der Waals surface area contributed by atoms with Gasteiger partial charge in [0, 0.05) is 29.7 Å². The molecule has 186 valence electrons. The topological polar surface area (TPSA) is 135 Å². The Morgan fingerprint density at radius 2 is 2.11 bits per heavy atom. The molecule has 0 aliphatic heterocycles. The van der Waals surface area contributed by atoms with Crippen molar-refractivity contribution in [3.63, 3.8) is 0 Å². The fraction of sp³-hybridized carbons (Fsp3) is 0.417. The third-order valence-electron chi connectivity index (χ3n) is 5.73. The van der Waals surface area contributed by atoms with Crippen LogP contribution in [0.2, 0.25) is 0 Å². The fourth-order valence-electron chi connectivity index (χ4n) is 3.65. The molecule has 2 aromatic rings. The SMILES string of the molecule is COCCS(=O)C(C(=O)NCC(=O)NC1CC1)c1nc2ccc(C3=CCC(C(=O)O)C=C3)cc2s1. The number of fused-ring (bicyclic) bond motifs is 1. The molecule has 1 saturated carbocycles. The number of carboxylic acids is 1. The minimum atomic E-state index is -1.60. The van der Waals surface area contributed by atoms with Crippen LogP contribution in [0.1, 0.15) is 35.1 Å². The van der Waals surface area contributed by atoms with Gasteiger partial charge < -0.3 is 20.5 Å². The van der Waals surface area contributed by atoms with Crippen molar-refractivity contribution in [2.75, 3.05) is 26.0 Å². The largest absolute Gasteiger partial charge is 0.481 e. The van der Waals surface area contributed by atoms with E-state index in [2.05, 4.69) is 15.6 Å². The molecule has 2 aliphatic rings. The molecule has 0 radical (unpaired) electrons. The Hall–Kier alpha value is -2.89. The molecule has 1 aromatic carbocycles. The van der Waals surface area contributed by atoms with Gasteiger partial charge in [-0.25, -0.2) is 4.98 Å². The highest BCUT2D eigenvalue weighted by Crippen LogP contribution is 2.33. The van der Waals surface area contributed by atoms with E-state index in [1.807, 2.05) is 24.3 Å². The lowest BCUT2D eigenvalue weighted by Crippen LogP contribution is -2.40. The Labute approximate surface area is 209 Å². The van der Waals surface area contributed by atoms with Crippen LogP contribution in [0.25, 0.3) is 15.8 Å². The van der Waals surface area contributed by atoms with Crippen molar-refractivity contribution in [3.05, 3.63) is 47.0 Å². The number of hydrogen-bond acceptors (Lipinski definition) is 7. The van der Waals surface area contributed by atoms with Crippen LogP contribution < -0.4 is 10.6 Å². The number of benzene rings is 1. The molecule has 3 atom stereocenters. The number of allylic oxidation sites excluding steroid dienone is 3. The monoisotopic (exact) mass is 517 g/mol. The maximum Gasteiger partial charge on any atom is 0.310 e. The predicted molar refractivity (Wildman–Crippen MR) is 134 cm³/mol. The van der Waals surface area contributed by atoms with Crippen LogP contribution >= 0.6 is 11.3 Å². The first-order valence-corrected chi connectivity index (χ1v) is 13.5. The number of ether oxygens (including phenoxy) is 1. The Balaban J connectivity index is 1.54. The summed E-state index contributed by atoms with van der Waals surface area (Å²) < 4.78 is 18.9. The van der Waals surface area contributed by atoms with Crippen molar-refractivity contribution < 1.29 is 28.4 Å². The van der Waals surface area contributed by atoms with Gasteiger partial charge in [0.1, 0.15) is 5.01 Å². The molecule has 2 amide bonds. The minimum absolute atomic E-state index is 0.159. The smallest absolute Gasteiger partial charge is 0.310 e. The number of carbonyl (C=O) groups is 3. The minimum Gasteiger partial charge on any atom is -0.481 e. The molecule has 4 rings (SSSR count). The van der Waals surface area contributed by atoms with Gasteiger partial charge in [0.15, 0.2) is 5.25 Å². The number of nitrogens with one attached hydrogen (secondary N) is 2. The normalized spacial score (nSPS) is 19.1. The molecular formula is C24H27N3O6S2. The summed E-state index contributed by atoms with van der Waals surface area (Å²) in [6.07, 6.45) is 7.69. The van der Waals surface area contributed by atoms with E-state index in [1.54, 1.807) is 12.2 Å². The molecule has 1 fully saturated rings. The van der Waals surface area contributed by atoms with Crippen LogP contribution in [0.15, 0.2) is 36.4 Å². The second-order valence-electron chi connectivity index (χ2n) is 8.45. The van der Waals surface area contributed by atoms with Gasteiger partial charge in [-0.3, -0.25) is 18.6 Å². The number of aliphatic carboxylic acids is 1. The Bertz CT molecular complexity index is 1220. The summed E-state index contributed by atoms with van der Waals surface area (Å²) in [5.74, 6) is -2.00. The highest BCUT2D eigenvalue weighted by Gasteiger charge is 2.31. The van der Waals surface area contributed by atoms with Crippen molar-refractivity contribution in [1.29, 1.82) is 0 Å². The van der Waals surface area contributed by atoms with Crippen LogP contribution in [0.3, 0.4) is 0 Å². The van der Waals surface area contributed by atoms with Crippen molar-refractivity contribution in [2.24, 2.45) is 5.92 Å². The molecule has 9 nitrogen and oxygen atoms in total. The molecular weight excluding hydrogens is 490 g/mol. The lowest BCUT2D eigenvalue weighted by Gasteiger charge is -2.14. The maximum absolute atomic E-state index is 13.0. The summed E-state index contributed by atoms with van der Waals surface area (Å²) in [5, 5.41) is 14.0. The molecule has 0 saturated heterocycles. The van der Waals surface area contributed by atoms with Crippen molar-refractivity contribution in [2.45, 2.75) is 30.6 Å². The third kappa shape index (κ3) is 6.41. The van der Waals surface area contributed by atoms with Gasteiger partial charge in [0.2, 0.25) is 11.8 Å². The summed E-state index contributed by atoms with van der Waals surface area (Å²) in [4.78, 5) is 40.8. The van der Waals surface area contributed by atoms with Crippen LogP contribution in [0, 0.1) is 5.92 Å². The molecule has 1 aromatic heterocycles. The first-order chi connectivity index (χ1) is 16.9. The third-order valence-corrected chi connectivity index (χ3v) is 8.50. The Kier molecular flexibility index (Phi) is 8.09. The van der Waals surface area contributed by atoms with E-state index >= 15 is 0 Å². The van der Waals surface area contributed by atoms with Gasteiger partial charge in [-0.2, -0.15) is 0 Å². The van der Waals surface area contributed by atoms with Crippen molar-refractivity contribution >= 4 is 55.7 Å². The Morgan fingerprint density at radius 1 is 1.31 bits per heavy atom. The van der Waals surface area contributed by atoms with E-state index in [0.29, 0.717) is 16.9 Å². The number of hydrogen-bond donors (Lipinski definition) is 3. The number of carbonyl (C=O) groups excluding carboxylic acids is 2. The Morgan fingerprint density at radius 3 is 2.77 bits per heavy atom. The number of thiazole rings is 1. The van der Waals surface area contributed by atoms with Gasteiger partial charge in [-0.15, -0.1) is 11.3 Å². The number of carboxylic acid groups (broad SMARTS) is 1. The van der Waals surface area contributed by atoms with E-state index in [0.717, 1.165) is 28.7 Å². The van der Waals surface area contributed by atoms with E-state index in [4.69, 9.17) is 9.84 Å². The fourth-order valence-corrected chi connectivity index (χ4v) is 6.27. The first-order valence-electron chi connectivity index (χ1n) is 11.3. The lowest BCUT2D eigenvalue weighted by atomic mass is 9.93. The number of methoxy groups -OCH3 is 1. The molecule has 3 N–H and O–H groups in total. The van der Waals surface area contributed by atoms with Gasteiger partial charge in [-0.05, 0) is 42.5 Å². The molecule has 35 heavy (non-hydrogen) atoms. The van der Waals surface area contributed by atoms with Gasteiger partial charge in [0.05, 0.1) is 29.3 Å². The number of rotatable bonds is 11. The van der Waals surface area contributed by atoms with Gasteiger partial charge >= 0.3 is 5.97 Å². The molecule has 1 heterocycles. The van der Waals surface area contributed by atoms with Gasteiger partial charge in [0.25, 0.3) is 0 Å². The molecule has 0 bridgehead atoms. The maximum atomic E-state index is 13.0. The second-order valence-corrected chi connectivity index (χ2v) is 11.2. The zero-order valence-electron chi connectivity index (χ0n) is 19.2. The standard InChI is InChI=1S/C24H27N3O6S2/c1-33-10-11-35(32)21(22(29)25-13-20(28)26-17-7-8-17)23-27-18-9-6-16(12-19(18)34-23)14-2-4-15(5-3-14)24(30)31/h2-4,6,9,12,15,17,21H,5,7-8,10-11,13H2,1H3,(H,25,29)(H,26,28)(H,30,31). The summed E-state index contributed by atoms with van der Waals surface area (Å²) in [7, 11) is -0.0950. The highest BCUT2D eigenvalue weighted by atomic mass is 32.2. The molecule has 0 spiro atoms. The van der Waals surface area contributed by atoms with Crippen molar-refractivity contribution in [3.8, 4) is 0 Å². The number of amides is 2. The zero-order valence-corrected chi connectivity index (χ0v) is 20.8. The number of aromatic nitrogens is 1. The van der Waals surface area contributed by atoms with Crippen molar-refractivity contribution in [1.82, 2.24) is 15.6 Å². The molecule has 11 heteroatoms. The first kappa shape index (κ1) is 25.2. The van der Waals surface area contributed by atoms with E-state index in [-0.39, 0.29) is 30.9 Å². The van der Waals surface area contributed by atoms with Crippen LogP contribution in [0.5, 0.6) is 0 Å². The van der Waals surface area contributed by atoms with E-state index in [9.17, 15) is 18.6 Å². The van der Waals surface area contributed by atoms with E-state index < -0.39 is 33.8 Å². The van der Waals surface area contributed by atoms with E-state index in [1.165, 1.54) is 18.4 Å². The lowest BCUT2D eigenvalue weighted by molar-refractivity contribution is -0.140. The average molecular weight is 518 g/mol. The summed E-state index contributed by atoms with van der Waals surface area (Å²) in [6.45, 7) is 0.0472. The molecule has 3 unspecified atom stereocenters. The summed E-state index contributed by atoms with van der Waals surface area (Å²) in [5.41, 5.74) is 2.50. The number of nitrogens with zero attached hydrogens (tertiary/aromatic N) is 1. The summed E-state index contributed by atoms with van der Waals surface area (Å²) in [6, 6.07) is 5.85. The van der Waals surface area contributed by atoms with Crippen LogP contribution in [-0.4, -0.2) is 64.1 Å². The van der Waals surface area contributed by atoms with Crippen LogP contribution in [-0.2, 0) is 29.9 Å². The summed E-state index contributed by atoms with van der Waals surface area (Å²) >= 11 is 1.28. The van der Waals surface area contributed by atoms with Crippen LogP contribution in [0.4, 0.5) is 0 Å².